The number of amides is 1. The van der Waals surface area contributed by atoms with Crippen molar-refractivity contribution in [3.05, 3.63) is 52.9 Å². The summed E-state index contributed by atoms with van der Waals surface area (Å²) in [6, 6.07) is 10.8. The van der Waals surface area contributed by atoms with E-state index in [9.17, 15) is 9.90 Å². The average Bonchev–Trinajstić information content (AvgIpc) is 3.25. The van der Waals surface area contributed by atoms with Crippen LogP contribution < -0.4 is 0 Å². The third-order valence-corrected chi connectivity index (χ3v) is 6.47. The highest BCUT2D eigenvalue weighted by atomic mass is 16.5. The van der Waals surface area contributed by atoms with Gasteiger partial charge in [-0.2, -0.15) is 0 Å². The lowest BCUT2D eigenvalue weighted by molar-refractivity contribution is 0.0512. The van der Waals surface area contributed by atoms with Crippen molar-refractivity contribution in [3.8, 4) is 0 Å². The lowest BCUT2D eigenvalue weighted by atomic mass is 9.94. The number of piperidine rings is 2. The second-order valence-electron chi connectivity index (χ2n) is 9.11. The molecule has 4 rings (SSSR count). The smallest absolute Gasteiger partial charge is 0.292 e. The van der Waals surface area contributed by atoms with Crippen LogP contribution in [0.15, 0.2) is 34.9 Å². The first-order chi connectivity index (χ1) is 14.5. The fraction of sp³-hybridized carbons (Fsp3) is 0.583. The van der Waals surface area contributed by atoms with E-state index in [0.717, 1.165) is 38.2 Å². The Morgan fingerprint density at radius 1 is 1.17 bits per heavy atom. The molecule has 6 heteroatoms. The van der Waals surface area contributed by atoms with Crippen molar-refractivity contribution in [2.75, 3.05) is 26.2 Å². The Kier molecular flexibility index (Phi) is 6.54. The molecule has 0 spiro atoms. The van der Waals surface area contributed by atoms with E-state index in [1.807, 2.05) is 6.07 Å². The van der Waals surface area contributed by atoms with Gasteiger partial charge in [-0.05, 0) is 49.3 Å². The van der Waals surface area contributed by atoms with E-state index in [0.29, 0.717) is 43.5 Å². The Labute approximate surface area is 178 Å². The van der Waals surface area contributed by atoms with E-state index in [2.05, 4.69) is 48.2 Å². The number of hydrogen-bond acceptors (Lipinski definition) is 5. The maximum atomic E-state index is 12.7. The Morgan fingerprint density at radius 2 is 1.90 bits per heavy atom. The van der Waals surface area contributed by atoms with Crippen LogP contribution in [-0.2, 0) is 6.54 Å². The molecule has 2 aliphatic heterocycles. The van der Waals surface area contributed by atoms with Crippen molar-refractivity contribution in [1.82, 2.24) is 15.0 Å². The summed E-state index contributed by atoms with van der Waals surface area (Å²) in [5.41, 5.74) is 3.59. The molecule has 1 atom stereocenters. The third kappa shape index (κ3) is 4.93. The van der Waals surface area contributed by atoms with Crippen molar-refractivity contribution < 1.29 is 14.4 Å². The minimum atomic E-state index is -0.297. The van der Waals surface area contributed by atoms with Crippen LogP contribution in [0.3, 0.4) is 0 Å². The van der Waals surface area contributed by atoms with E-state index < -0.39 is 0 Å². The van der Waals surface area contributed by atoms with Crippen molar-refractivity contribution in [1.29, 1.82) is 0 Å². The Morgan fingerprint density at radius 3 is 2.60 bits per heavy atom. The van der Waals surface area contributed by atoms with Gasteiger partial charge in [0.2, 0.25) is 5.76 Å². The summed E-state index contributed by atoms with van der Waals surface area (Å²) in [5, 5.41) is 13.9. The lowest BCUT2D eigenvalue weighted by Gasteiger charge is -2.31. The fourth-order valence-corrected chi connectivity index (χ4v) is 4.51. The zero-order valence-corrected chi connectivity index (χ0v) is 18.1. The third-order valence-electron chi connectivity index (χ3n) is 6.47. The normalized spacial score (nSPS) is 21.3. The molecule has 1 unspecified atom stereocenters. The highest BCUT2D eigenvalue weighted by Gasteiger charge is 2.28. The standard InChI is InChI=1S/C24H33N3O3/c1-17(2)19-7-5-18(6-8-19)15-26-11-3-4-20(16-26)22-14-23(30-25-22)24(29)27-12-9-21(28)10-13-27/h5-8,14,17,20-21,28H,3-4,9-13,15-16H2,1-2H3. The van der Waals surface area contributed by atoms with Gasteiger partial charge in [-0.25, -0.2) is 0 Å². The molecule has 0 saturated carbocycles. The largest absolute Gasteiger partial charge is 0.393 e. The van der Waals surface area contributed by atoms with Gasteiger partial charge in [-0.15, -0.1) is 0 Å². The van der Waals surface area contributed by atoms with Crippen molar-refractivity contribution >= 4 is 5.91 Å². The number of aliphatic hydroxyl groups is 1. The van der Waals surface area contributed by atoms with Crippen LogP contribution in [-0.4, -0.2) is 58.3 Å². The van der Waals surface area contributed by atoms with Gasteiger partial charge in [0, 0.05) is 38.2 Å². The van der Waals surface area contributed by atoms with Crippen molar-refractivity contribution in [2.45, 2.75) is 64.0 Å². The van der Waals surface area contributed by atoms with Gasteiger partial charge in [-0.3, -0.25) is 9.69 Å². The molecule has 2 aliphatic rings. The molecule has 30 heavy (non-hydrogen) atoms. The molecule has 2 saturated heterocycles. The van der Waals surface area contributed by atoms with Gasteiger partial charge >= 0.3 is 0 Å². The van der Waals surface area contributed by atoms with Crippen LogP contribution in [0.4, 0.5) is 0 Å². The van der Waals surface area contributed by atoms with Crippen molar-refractivity contribution in [2.24, 2.45) is 0 Å². The molecule has 1 aromatic carbocycles. The molecule has 2 aromatic rings. The number of likely N-dealkylation sites (tertiary alicyclic amines) is 2. The summed E-state index contributed by atoms with van der Waals surface area (Å²) < 4.78 is 5.43. The first-order valence-corrected chi connectivity index (χ1v) is 11.2. The molecule has 162 valence electrons. The van der Waals surface area contributed by atoms with Gasteiger partial charge < -0.3 is 14.5 Å². The maximum Gasteiger partial charge on any atom is 0.292 e. The summed E-state index contributed by atoms with van der Waals surface area (Å²) in [6.45, 7) is 8.54. The Balaban J connectivity index is 1.36. The van der Waals surface area contributed by atoms with Crippen LogP contribution in [0.2, 0.25) is 0 Å². The van der Waals surface area contributed by atoms with E-state index in [1.165, 1.54) is 11.1 Å². The highest BCUT2D eigenvalue weighted by Crippen LogP contribution is 2.28. The molecule has 0 radical (unpaired) electrons. The molecule has 0 aliphatic carbocycles. The molecule has 1 aromatic heterocycles. The Bertz CT molecular complexity index is 838. The quantitative estimate of drug-likeness (QED) is 0.811. The number of carbonyl (C=O) groups excluding carboxylic acids is 1. The molecule has 2 fully saturated rings. The summed E-state index contributed by atoms with van der Waals surface area (Å²) in [6.07, 6.45) is 3.15. The van der Waals surface area contributed by atoms with Crippen LogP contribution in [0, 0.1) is 0 Å². The van der Waals surface area contributed by atoms with Gasteiger partial charge in [0.25, 0.3) is 5.91 Å². The summed E-state index contributed by atoms with van der Waals surface area (Å²) in [7, 11) is 0. The first kappa shape index (κ1) is 21.1. The van der Waals surface area contributed by atoms with E-state index in [4.69, 9.17) is 4.52 Å². The second kappa shape index (κ2) is 9.31. The van der Waals surface area contributed by atoms with E-state index in [1.54, 1.807) is 4.90 Å². The lowest BCUT2D eigenvalue weighted by Crippen LogP contribution is -2.39. The van der Waals surface area contributed by atoms with E-state index in [-0.39, 0.29) is 12.0 Å². The summed E-state index contributed by atoms with van der Waals surface area (Å²) in [4.78, 5) is 16.9. The van der Waals surface area contributed by atoms with Gasteiger partial charge in [0.15, 0.2) is 0 Å². The van der Waals surface area contributed by atoms with E-state index >= 15 is 0 Å². The first-order valence-electron chi connectivity index (χ1n) is 11.2. The molecule has 6 nitrogen and oxygen atoms in total. The topological polar surface area (TPSA) is 69.8 Å². The van der Waals surface area contributed by atoms with Crippen LogP contribution in [0.25, 0.3) is 0 Å². The SMILES string of the molecule is CC(C)c1ccc(CN2CCCC(c3cc(C(=O)N4CCC(O)CC4)on3)C2)cc1. The number of nitrogens with zero attached hydrogens (tertiary/aromatic N) is 3. The zero-order valence-electron chi connectivity index (χ0n) is 18.1. The number of benzene rings is 1. The number of hydrogen-bond donors (Lipinski definition) is 1. The van der Waals surface area contributed by atoms with Gasteiger partial charge in [-0.1, -0.05) is 43.3 Å². The molecular weight excluding hydrogens is 378 g/mol. The highest BCUT2D eigenvalue weighted by molar-refractivity contribution is 5.91. The van der Waals surface area contributed by atoms with Crippen LogP contribution >= 0.6 is 0 Å². The number of carbonyl (C=O) groups is 1. The van der Waals surface area contributed by atoms with Crippen LogP contribution in [0.1, 0.15) is 78.7 Å². The molecule has 1 N–H and O–H groups in total. The van der Waals surface area contributed by atoms with Crippen molar-refractivity contribution in [3.63, 3.8) is 0 Å². The molecule has 3 heterocycles. The monoisotopic (exact) mass is 411 g/mol. The molecular formula is C24H33N3O3. The second-order valence-corrected chi connectivity index (χ2v) is 9.11. The Hall–Kier alpha value is -2.18. The summed E-state index contributed by atoms with van der Waals surface area (Å²) in [5.74, 6) is 1.06. The minimum Gasteiger partial charge on any atom is -0.393 e. The average molecular weight is 412 g/mol. The van der Waals surface area contributed by atoms with Gasteiger partial charge in [0.05, 0.1) is 11.8 Å². The number of rotatable bonds is 5. The zero-order chi connectivity index (χ0) is 21.1. The maximum absolute atomic E-state index is 12.7. The predicted molar refractivity (Wildman–Crippen MR) is 115 cm³/mol. The number of aromatic nitrogens is 1. The van der Waals surface area contributed by atoms with Gasteiger partial charge in [0.1, 0.15) is 0 Å². The predicted octanol–water partition coefficient (Wildman–Crippen LogP) is 3.77. The minimum absolute atomic E-state index is 0.112. The molecule has 1 amide bonds. The summed E-state index contributed by atoms with van der Waals surface area (Å²) >= 11 is 0. The number of aliphatic hydroxyl groups excluding tert-OH is 1. The fourth-order valence-electron chi connectivity index (χ4n) is 4.51. The van der Waals surface area contributed by atoms with Crippen LogP contribution in [0.5, 0.6) is 0 Å². The molecule has 0 bridgehead atoms.